The first-order valence-electron chi connectivity index (χ1n) is 7.33. The maximum absolute atomic E-state index is 12.3. The summed E-state index contributed by atoms with van der Waals surface area (Å²) >= 11 is 0. The first kappa shape index (κ1) is 16.5. The number of nitrogens with zero attached hydrogens (tertiary/aromatic N) is 1. The zero-order valence-corrected chi connectivity index (χ0v) is 13.2. The maximum atomic E-state index is 12.3. The molecule has 1 atom stereocenters. The molecule has 1 N–H and O–H groups in total. The molecule has 2 aromatic rings. The van der Waals surface area contributed by atoms with Crippen LogP contribution in [-0.4, -0.2) is 36.9 Å². The van der Waals surface area contributed by atoms with E-state index in [9.17, 15) is 9.59 Å². The first-order valence-corrected chi connectivity index (χ1v) is 7.33. The molecule has 0 unspecified atom stereocenters. The van der Waals surface area contributed by atoms with Gasteiger partial charge in [0.05, 0.1) is 6.26 Å². The third kappa shape index (κ3) is 5.14. The molecule has 2 amide bonds. The second kappa shape index (κ2) is 7.98. The number of amides is 2. The summed E-state index contributed by atoms with van der Waals surface area (Å²) in [5.74, 6) is 0.102. The fraction of sp³-hybridized carbons (Fsp3) is 0.222. The van der Waals surface area contributed by atoms with E-state index in [1.54, 1.807) is 32.3 Å². The van der Waals surface area contributed by atoms with Gasteiger partial charge in [0.2, 0.25) is 11.8 Å². The molecule has 0 aliphatic carbocycles. The minimum absolute atomic E-state index is 0.145. The van der Waals surface area contributed by atoms with Gasteiger partial charge in [0.15, 0.2) is 0 Å². The fourth-order valence-electron chi connectivity index (χ4n) is 2.13. The SMILES string of the molecule is CN(C)C(=O)[C@H](Cc1ccccc1)NC(=O)/C=C\c1ccco1. The van der Waals surface area contributed by atoms with Gasteiger partial charge in [-0.15, -0.1) is 0 Å². The minimum atomic E-state index is -0.610. The average molecular weight is 312 g/mol. The molecule has 5 nitrogen and oxygen atoms in total. The quantitative estimate of drug-likeness (QED) is 0.831. The van der Waals surface area contributed by atoms with Crippen LogP contribution < -0.4 is 5.32 Å². The standard InChI is InChI=1S/C18H20N2O3/c1-20(2)18(22)16(13-14-7-4-3-5-8-14)19-17(21)11-10-15-9-6-12-23-15/h3-12,16H,13H2,1-2H3,(H,19,21)/b11-10-/t16-/m0/s1. The first-order chi connectivity index (χ1) is 11.1. The molecule has 0 fully saturated rings. The summed E-state index contributed by atoms with van der Waals surface area (Å²) < 4.78 is 5.13. The van der Waals surface area contributed by atoms with Crippen LogP contribution in [-0.2, 0) is 16.0 Å². The van der Waals surface area contributed by atoms with E-state index in [1.165, 1.54) is 17.2 Å². The molecule has 0 aliphatic rings. The summed E-state index contributed by atoms with van der Waals surface area (Å²) in [6, 6.07) is 12.5. The van der Waals surface area contributed by atoms with Crippen molar-refractivity contribution in [3.8, 4) is 0 Å². The summed E-state index contributed by atoms with van der Waals surface area (Å²) in [5.41, 5.74) is 0.989. The van der Waals surface area contributed by atoms with Crippen molar-refractivity contribution in [3.05, 3.63) is 66.1 Å². The zero-order valence-electron chi connectivity index (χ0n) is 13.2. The average Bonchev–Trinajstić information content (AvgIpc) is 3.06. The lowest BCUT2D eigenvalue weighted by Gasteiger charge is -2.21. The van der Waals surface area contributed by atoms with Crippen molar-refractivity contribution in [1.82, 2.24) is 10.2 Å². The van der Waals surface area contributed by atoms with Crippen molar-refractivity contribution in [2.75, 3.05) is 14.1 Å². The highest BCUT2D eigenvalue weighted by Gasteiger charge is 2.21. The number of hydrogen-bond donors (Lipinski definition) is 1. The van der Waals surface area contributed by atoms with Gasteiger partial charge in [-0.1, -0.05) is 30.3 Å². The lowest BCUT2D eigenvalue weighted by Crippen LogP contribution is -2.47. The summed E-state index contributed by atoms with van der Waals surface area (Å²) in [6.45, 7) is 0. The highest BCUT2D eigenvalue weighted by Crippen LogP contribution is 2.06. The van der Waals surface area contributed by atoms with E-state index in [2.05, 4.69) is 5.32 Å². The molecular weight excluding hydrogens is 292 g/mol. The zero-order chi connectivity index (χ0) is 16.7. The van der Waals surface area contributed by atoms with E-state index in [0.29, 0.717) is 12.2 Å². The van der Waals surface area contributed by atoms with Crippen LogP contribution in [0.25, 0.3) is 6.08 Å². The number of likely N-dealkylation sites (N-methyl/N-ethyl adjacent to an activating group) is 1. The Hall–Kier alpha value is -2.82. The predicted octanol–water partition coefficient (Wildman–Crippen LogP) is 2.11. The summed E-state index contributed by atoms with van der Waals surface area (Å²) in [4.78, 5) is 25.8. The molecule has 0 bridgehead atoms. The molecule has 1 heterocycles. The molecule has 5 heteroatoms. The van der Waals surface area contributed by atoms with Gasteiger partial charge in [-0.25, -0.2) is 0 Å². The third-order valence-corrected chi connectivity index (χ3v) is 3.28. The van der Waals surface area contributed by atoms with E-state index in [4.69, 9.17) is 4.42 Å². The van der Waals surface area contributed by atoms with Gasteiger partial charge >= 0.3 is 0 Å². The minimum Gasteiger partial charge on any atom is -0.465 e. The Morgan fingerprint density at radius 3 is 2.52 bits per heavy atom. The van der Waals surface area contributed by atoms with Crippen LogP contribution in [0.1, 0.15) is 11.3 Å². The van der Waals surface area contributed by atoms with E-state index in [0.717, 1.165) is 5.56 Å². The number of hydrogen-bond acceptors (Lipinski definition) is 3. The molecule has 1 aromatic carbocycles. The van der Waals surface area contributed by atoms with Crippen LogP contribution >= 0.6 is 0 Å². The Morgan fingerprint density at radius 1 is 1.17 bits per heavy atom. The van der Waals surface area contributed by atoms with E-state index < -0.39 is 6.04 Å². The molecule has 0 saturated heterocycles. The van der Waals surface area contributed by atoms with Crippen molar-refractivity contribution in [2.24, 2.45) is 0 Å². The fourth-order valence-corrected chi connectivity index (χ4v) is 2.13. The topological polar surface area (TPSA) is 62.6 Å². The number of nitrogens with one attached hydrogen (secondary N) is 1. The highest BCUT2D eigenvalue weighted by atomic mass is 16.3. The molecule has 0 spiro atoms. The van der Waals surface area contributed by atoms with Crippen LogP contribution in [0, 0.1) is 0 Å². The molecule has 0 saturated carbocycles. The number of furan rings is 1. The maximum Gasteiger partial charge on any atom is 0.244 e. The van der Waals surface area contributed by atoms with Crippen molar-refractivity contribution in [2.45, 2.75) is 12.5 Å². The molecule has 23 heavy (non-hydrogen) atoms. The molecule has 2 rings (SSSR count). The summed E-state index contributed by atoms with van der Waals surface area (Å²) in [5, 5.41) is 2.75. The number of rotatable bonds is 6. The van der Waals surface area contributed by atoms with E-state index in [1.807, 2.05) is 30.3 Å². The Bertz CT molecular complexity index is 661. The van der Waals surface area contributed by atoms with Gasteiger partial charge in [-0.3, -0.25) is 9.59 Å². The molecule has 0 radical (unpaired) electrons. The van der Waals surface area contributed by atoms with E-state index in [-0.39, 0.29) is 11.8 Å². The smallest absolute Gasteiger partial charge is 0.244 e. The second-order valence-corrected chi connectivity index (χ2v) is 5.33. The summed E-state index contributed by atoms with van der Waals surface area (Å²) in [6.07, 6.45) is 4.90. The Balaban J connectivity index is 2.04. The van der Waals surface area contributed by atoms with Gasteiger partial charge in [0.1, 0.15) is 11.8 Å². The monoisotopic (exact) mass is 312 g/mol. The highest BCUT2D eigenvalue weighted by molar-refractivity contribution is 5.95. The number of benzene rings is 1. The number of carbonyl (C=O) groups is 2. The largest absolute Gasteiger partial charge is 0.465 e. The van der Waals surface area contributed by atoms with Crippen LogP contribution in [0.4, 0.5) is 0 Å². The normalized spacial score (nSPS) is 12.1. The Labute approximate surface area is 135 Å². The van der Waals surface area contributed by atoms with Gasteiger partial charge in [0, 0.05) is 26.6 Å². The predicted molar refractivity (Wildman–Crippen MR) is 88.5 cm³/mol. The van der Waals surface area contributed by atoms with Crippen LogP contribution in [0.2, 0.25) is 0 Å². The number of carbonyl (C=O) groups excluding carboxylic acids is 2. The molecule has 120 valence electrons. The van der Waals surface area contributed by atoms with Crippen molar-refractivity contribution >= 4 is 17.9 Å². The van der Waals surface area contributed by atoms with Crippen LogP contribution in [0.15, 0.2) is 59.2 Å². The van der Waals surface area contributed by atoms with Crippen LogP contribution in [0.5, 0.6) is 0 Å². The lowest BCUT2D eigenvalue weighted by atomic mass is 10.0. The Kier molecular flexibility index (Phi) is 5.74. The van der Waals surface area contributed by atoms with Gasteiger partial charge in [-0.05, 0) is 23.8 Å². The van der Waals surface area contributed by atoms with Crippen molar-refractivity contribution < 1.29 is 14.0 Å². The lowest BCUT2D eigenvalue weighted by molar-refractivity contribution is -0.133. The molecule has 1 aromatic heterocycles. The summed E-state index contributed by atoms with van der Waals surface area (Å²) in [7, 11) is 3.34. The second-order valence-electron chi connectivity index (χ2n) is 5.33. The van der Waals surface area contributed by atoms with Gasteiger partial charge in [0.25, 0.3) is 0 Å². The molecular formula is C18H20N2O3. The van der Waals surface area contributed by atoms with E-state index >= 15 is 0 Å². The van der Waals surface area contributed by atoms with Crippen LogP contribution in [0.3, 0.4) is 0 Å². The van der Waals surface area contributed by atoms with Gasteiger partial charge in [-0.2, -0.15) is 0 Å². The van der Waals surface area contributed by atoms with Crippen molar-refractivity contribution in [1.29, 1.82) is 0 Å². The van der Waals surface area contributed by atoms with Gasteiger partial charge < -0.3 is 14.6 Å². The third-order valence-electron chi connectivity index (χ3n) is 3.28. The van der Waals surface area contributed by atoms with Crippen molar-refractivity contribution in [3.63, 3.8) is 0 Å². The Morgan fingerprint density at radius 2 is 1.91 bits per heavy atom. The molecule has 0 aliphatic heterocycles.